The third-order valence-electron chi connectivity index (χ3n) is 2.22. The number of sulfone groups is 1. The average molecular weight is 256 g/mol. The molecule has 0 atom stereocenters. The van der Waals surface area contributed by atoms with Crippen molar-refractivity contribution in [1.82, 2.24) is 0 Å². The maximum atomic E-state index is 11.5. The molecule has 1 rings (SSSR count). The first kappa shape index (κ1) is 13.5. The second-order valence-electron chi connectivity index (χ2n) is 4.03. The van der Waals surface area contributed by atoms with Crippen LogP contribution in [0.5, 0.6) is 0 Å². The van der Waals surface area contributed by atoms with Gasteiger partial charge in [-0.15, -0.1) is 0 Å². The Morgan fingerprint density at radius 1 is 1.41 bits per heavy atom. The van der Waals surface area contributed by atoms with Crippen molar-refractivity contribution in [2.24, 2.45) is 0 Å². The highest BCUT2D eigenvalue weighted by atomic mass is 32.2. The molecule has 0 aromatic heterocycles. The van der Waals surface area contributed by atoms with Crippen molar-refractivity contribution in [3.05, 3.63) is 24.3 Å². The molecule has 0 heterocycles. The van der Waals surface area contributed by atoms with Crippen molar-refractivity contribution < 1.29 is 13.2 Å². The van der Waals surface area contributed by atoms with E-state index in [4.69, 9.17) is 5.73 Å². The van der Waals surface area contributed by atoms with Gasteiger partial charge in [-0.1, -0.05) is 6.07 Å². The lowest BCUT2D eigenvalue weighted by atomic mass is 10.3. The minimum atomic E-state index is -3.37. The molecule has 0 saturated heterocycles. The zero-order valence-electron chi connectivity index (χ0n) is 9.80. The first-order valence-corrected chi connectivity index (χ1v) is 6.90. The average Bonchev–Trinajstić information content (AvgIpc) is 2.15. The van der Waals surface area contributed by atoms with Gasteiger partial charge in [0.1, 0.15) is 5.75 Å². The summed E-state index contributed by atoms with van der Waals surface area (Å²) < 4.78 is 23.0. The lowest BCUT2D eigenvalue weighted by molar-refractivity contribution is -0.113. The Hall–Kier alpha value is -1.56. The van der Waals surface area contributed by atoms with Gasteiger partial charge < -0.3 is 11.1 Å². The standard InChI is InChI=1S/C11H16N2O3S/c1-8(2)17(15,16)7-11(14)13-10-5-3-4-9(12)6-10/h3-6,8H,7,12H2,1-2H3,(H,13,14). The highest BCUT2D eigenvalue weighted by Crippen LogP contribution is 2.12. The van der Waals surface area contributed by atoms with E-state index >= 15 is 0 Å². The van der Waals surface area contributed by atoms with Gasteiger partial charge in [0.05, 0.1) is 5.25 Å². The molecule has 0 aliphatic rings. The van der Waals surface area contributed by atoms with Gasteiger partial charge in [-0.2, -0.15) is 0 Å². The smallest absolute Gasteiger partial charge is 0.239 e. The monoisotopic (exact) mass is 256 g/mol. The summed E-state index contributed by atoms with van der Waals surface area (Å²) >= 11 is 0. The van der Waals surface area contributed by atoms with Crippen molar-refractivity contribution in [2.75, 3.05) is 16.8 Å². The fourth-order valence-electron chi connectivity index (χ4n) is 1.16. The zero-order chi connectivity index (χ0) is 13.1. The van der Waals surface area contributed by atoms with Crippen LogP contribution in [0.2, 0.25) is 0 Å². The maximum Gasteiger partial charge on any atom is 0.239 e. The Kier molecular flexibility index (Phi) is 4.11. The van der Waals surface area contributed by atoms with Gasteiger partial charge in [0.2, 0.25) is 5.91 Å². The molecule has 94 valence electrons. The molecule has 0 spiro atoms. The molecule has 3 N–H and O–H groups in total. The third-order valence-corrected chi connectivity index (χ3v) is 4.32. The minimum Gasteiger partial charge on any atom is -0.399 e. The maximum absolute atomic E-state index is 11.5. The van der Waals surface area contributed by atoms with Crippen LogP contribution in [0.1, 0.15) is 13.8 Å². The minimum absolute atomic E-state index is 0.494. The molecule has 0 bridgehead atoms. The fraction of sp³-hybridized carbons (Fsp3) is 0.364. The summed E-state index contributed by atoms with van der Waals surface area (Å²) in [6, 6.07) is 6.58. The van der Waals surface area contributed by atoms with Gasteiger partial charge in [-0.05, 0) is 32.0 Å². The molecule has 6 heteroatoms. The van der Waals surface area contributed by atoms with Crippen LogP contribution in [0.3, 0.4) is 0 Å². The van der Waals surface area contributed by atoms with Gasteiger partial charge in [-0.25, -0.2) is 8.42 Å². The normalized spacial score (nSPS) is 11.5. The largest absolute Gasteiger partial charge is 0.399 e. The number of hydrogen-bond donors (Lipinski definition) is 2. The quantitative estimate of drug-likeness (QED) is 0.787. The molecule has 5 nitrogen and oxygen atoms in total. The van der Waals surface area contributed by atoms with Crippen molar-refractivity contribution in [2.45, 2.75) is 19.1 Å². The lowest BCUT2D eigenvalue weighted by Crippen LogP contribution is -2.27. The van der Waals surface area contributed by atoms with Crippen LogP contribution >= 0.6 is 0 Å². The highest BCUT2D eigenvalue weighted by molar-refractivity contribution is 7.92. The Balaban J connectivity index is 2.69. The number of carbonyl (C=O) groups is 1. The Labute approximate surface area is 101 Å². The third kappa shape index (κ3) is 4.07. The van der Waals surface area contributed by atoms with Gasteiger partial charge in [-0.3, -0.25) is 4.79 Å². The Morgan fingerprint density at radius 2 is 2.06 bits per heavy atom. The van der Waals surface area contributed by atoms with Gasteiger partial charge >= 0.3 is 0 Å². The lowest BCUT2D eigenvalue weighted by Gasteiger charge is -2.08. The van der Waals surface area contributed by atoms with Crippen molar-refractivity contribution in [3.63, 3.8) is 0 Å². The molecule has 0 aliphatic carbocycles. The van der Waals surface area contributed by atoms with Crippen LogP contribution in [0.15, 0.2) is 24.3 Å². The van der Waals surface area contributed by atoms with E-state index in [0.29, 0.717) is 11.4 Å². The van der Waals surface area contributed by atoms with Gasteiger partial charge in [0.25, 0.3) is 0 Å². The molecule has 1 aromatic carbocycles. The number of carbonyl (C=O) groups excluding carboxylic acids is 1. The summed E-state index contributed by atoms with van der Waals surface area (Å²) in [5, 5.41) is 1.93. The number of anilines is 2. The molecule has 1 aromatic rings. The van der Waals surface area contributed by atoms with E-state index in [0.717, 1.165) is 0 Å². The second kappa shape index (κ2) is 5.18. The van der Waals surface area contributed by atoms with E-state index in [1.54, 1.807) is 38.1 Å². The zero-order valence-corrected chi connectivity index (χ0v) is 10.6. The molecule has 0 fully saturated rings. The summed E-state index contributed by atoms with van der Waals surface area (Å²) in [5.41, 5.74) is 6.54. The second-order valence-corrected chi connectivity index (χ2v) is 6.59. The van der Waals surface area contributed by atoms with E-state index in [2.05, 4.69) is 5.32 Å². The Bertz CT molecular complexity index is 509. The number of hydrogen-bond acceptors (Lipinski definition) is 4. The summed E-state index contributed by atoms with van der Waals surface area (Å²) in [5.74, 6) is -1.07. The van der Waals surface area contributed by atoms with E-state index in [-0.39, 0.29) is 0 Å². The van der Waals surface area contributed by atoms with E-state index < -0.39 is 26.7 Å². The van der Waals surface area contributed by atoms with Gasteiger partial charge in [0.15, 0.2) is 9.84 Å². The van der Waals surface area contributed by atoms with Crippen LogP contribution < -0.4 is 11.1 Å². The number of rotatable bonds is 4. The van der Waals surface area contributed by atoms with Crippen LogP contribution in [0, 0.1) is 0 Å². The molecule has 0 unspecified atom stereocenters. The van der Waals surface area contributed by atoms with Crippen LogP contribution in [0.4, 0.5) is 11.4 Å². The van der Waals surface area contributed by atoms with Crippen molar-refractivity contribution in [1.29, 1.82) is 0 Å². The van der Waals surface area contributed by atoms with Crippen LogP contribution in [-0.4, -0.2) is 25.3 Å². The first-order valence-electron chi connectivity index (χ1n) is 5.18. The summed E-state index contributed by atoms with van der Waals surface area (Å²) in [7, 11) is -3.37. The molecule has 17 heavy (non-hydrogen) atoms. The van der Waals surface area contributed by atoms with E-state index in [1.807, 2.05) is 0 Å². The van der Waals surface area contributed by atoms with Crippen molar-refractivity contribution >= 4 is 27.1 Å². The van der Waals surface area contributed by atoms with E-state index in [9.17, 15) is 13.2 Å². The molecule has 1 amide bonds. The predicted octanol–water partition coefficient (Wildman–Crippen LogP) is 1.03. The molecular weight excluding hydrogens is 240 g/mol. The van der Waals surface area contributed by atoms with Crippen LogP contribution in [0.25, 0.3) is 0 Å². The predicted molar refractivity (Wildman–Crippen MR) is 68.4 cm³/mol. The summed E-state index contributed by atoms with van der Waals surface area (Å²) in [6.45, 7) is 3.09. The number of amides is 1. The number of nitrogen functional groups attached to an aromatic ring is 1. The molecule has 0 radical (unpaired) electrons. The highest BCUT2D eigenvalue weighted by Gasteiger charge is 2.20. The van der Waals surface area contributed by atoms with Crippen LogP contribution in [-0.2, 0) is 14.6 Å². The summed E-state index contributed by atoms with van der Waals surface area (Å²) in [4.78, 5) is 11.5. The Morgan fingerprint density at radius 3 is 2.59 bits per heavy atom. The number of nitrogens with two attached hydrogens (primary N) is 1. The van der Waals surface area contributed by atoms with E-state index in [1.165, 1.54) is 0 Å². The fourth-order valence-corrected chi connectivity index (χ4v) is 1.93. The number of nitrogens with one attached hydrogen (secondary N) is 1. The SMILES string of the molecule is CC(C)S(=O)(=O)CC(=O)Nc1cccc(N)c1. The summed E-state index contributed by atoms with van der Waals surface area (Å²) in [6.07, 6.45) is 0. The van der Waals surface area contributed by atoms with Gasteiger partial charge in [0, 0.05) is 11.4 Å². The number of benzene rings is 1. The first-order chi connectivity index (χ1) is 7.81. The molecule has 0 aliphatic heterocycles. The molecule has 0 saturated carbocycles. The van der Waals surface area contributed by atoms with Crippen molar-refractivity contribution in [3.8, 4) is 0 Å². The topological polar surface area (TPSA) is 89.3 Å². The molecular formula is C11H16N2O3S.